The molecule has 0 N–H and O–H groups in total. The van der Waals surface area contributed by atoms with Crippen LogP contribution in [0.25, 0.3) is 0 Å². The second-order valence-corrected chi connectivity index (χ2v) is 4.33. The highest BCUT2D eigenvalue weighted by molar-refractivity contribution is 5.88. The summed E-state index contributed by atoms with van der Waals surface area (Å²) in [5, 5.41) is 0. The van der Waals surface area contributed by atoms with E-state index >= 15 is 0 Å². The maximum atomic E-state index is 11.4. The zero-order chi connectivity index (χ0) is 10.1. The second kappa shape index (κ2) is 3.56. The third-order valence-corrected chi connectivity index (χ3v) is 3.04. The normalized spacial score (nSPS) is 36.3. The van der Waals surface area contributed by atoms with E-state index in [-0.39, 0.29) is 0 Å². The van der Waals surface area contributed by atoms with Crippen molar-refractivity contribution in [2.24, 2.45) is 11.8 Å². The molecule has 1 heteroatoms. The minimum atomic E-state index is 0.370. The lowest BCUT2D eigenvalue weighted by molar-refractivity contribution is -0.117. The van der Waals surface area contributed by atoms with Crippen LogP contribution in [0.3, 0.4) is 0 Å². The molecule has 0 heterocycles. The van der Waals surface area contributed by atoms with Crippen LogP contribution in [0, 0.1) is 11.8 Å². The summed E-state index contributed by atoms with van der Waals surface area (Å²) in [6.45, 7) is 4.35. The standard InChI is InChI=1S/C13H16O/c1-9-3-5-10(2)13-8-12(14)7-11(13)6-4-9/h3-6,9-10H,7-8H2,1-2H3/b5-3-,6-4-. The smallest absolute Gasteiger partial charge is 0.141 e. The predicted molar refractivity (Wildman–Crippen MR) is 57.9 cm³/mol. The van der Waals surface area contributed by atoms with Crippen molar-refractivity contribution in [2.75, 3.05) is 0 Å². The number of carbonyl (C=O) groups is 1. The Labute approximate surface area is 85.2 Å². The Kier molecular flexibility index (Phi) is 2.40. The third kappa shape index (κ3) is 1.72. The van der Waals surface area contributed by atoms with E-state index in [9.17, 15) is 4.79 Å². The summed E-state index contributed by atoms with van der Waals surface area (Å²) >= 11 is 0. The highest BCUT2D eigenvalue weighted by atomic mass is 16.1. The van der Waals surface area contributed by atoms with Gasteiger partial charge in [0.25, 0.3) is 0 Å². The molecule has 0 amide bonds. The van der Waals surface area contributed by atoms with Gasteiger partial charge < -0.3 is 0 Å². The molecule has 2 aliphatic rings. The molecular weight excluding hydrogens is 172 g/mol. The van der Waals surface area contributed by atoms with Gasteiger partial charge >= 0.3 is 0 Å². The van der Waals surface area contributed by atoms with Gasteiger partial charge in [0.2, 0.25) is 0 Å². The largest absolute Gasteiger partial charge is 0.299 e. The van der Waals surface area contributed by atoms with Crippen molar-refractivity contribution in [2.45, 2.75) is 26.7 Å². The molecule has 2 unspecified atom stereocenters. The average Bonchev–Trinajstić information content (AvgIpc) is 2.51. The molecule has 0 fully saturated rings. The van der Waals surface area contributed by atoms with Crippen LogP contribution >= 0.6 is 0 Å². The fourth-order valence-corrected chi connectivity index (χ4v) is 2.12. The Morgan fingerprint density at radius 1 is 1.14 bits per heavy atom. The summed E-state index contributed by atoms with van der Waals surface area (Å²) in [5.41, 5.74) is 2.59. The maximum Gasteiger partial charge on any atom is 0.141 e. The minimum absolute atomic E-state index is 0.370. The molecule has 74 valence electrons. The van der Waals surface area contributed by atoms with Crippen molar-refractivity contribution in [1.29, 1.82) is 0 Å². The van der Waals surface area contributed by atoms with Crippen LogP contribution in [0.2, 0.25) is 0 Å². The van der Waals surface area contributed by atoms with Crippen molar-refractivity contribution in [3.8, 4) is 0 Å². The van der Waals surface area contributed by atoms with Crippen molar-refractivity contribution in [3.63, 3.8) is 0 Å². The van der Waals surface area contributed by atoms with Gasteiger partial charge in [0, 0.05) is 12.8 Å². The van der Waals surface area contributed by atoms with E-state index < -0.39 is 0 Å². The van der Waals surface area contributed by atoms with Gasteiger partial charge in [-0.2, -0.15) is 0 Å². The molecule has 0 saturated heterocycles. The fourth-order valence-electron chi connectivity index (χ4n) is 2.12. The van der Waals surface area contributed by atoms with Crippen LogP contribution in [0.5, 0.6) is 0 Å². The lowest BCUT2D eigenvalue weighted by Crippen LogP contribution is -1.99. The number of hydrogen-bond acceptors (Lipinski definition) is 1. The molecule has 1 nitrogen and oxygen atoms in total. The summed E-state index contributed by atoms with van der Waals surface area (Å²) in [4.78, 5) is 11.4. The van der Waals surface area contributed by atoms with E-state index in [2.05, 4.69) is 38.2 Å². The van der Waals surface area contributed by atoms with E-state index in [4.69, 9.17) is 0 Å². The number of hydrogen-bond donors (Lipinski definition) is 0. The second-order valence-electron chi connectivity index (χ2n) is 4.33. The SMILES string of the molecule is CC1/C=C\C2=C(CC(=O)C2)C(C)/C=C\1. The molecule has 0 spiro atoms. The predicted octanol–water partition coefficient (Wildman–Crippen LogP) is 3.04. The quantitative estimate of drug-likeness (QED) is 0.534. The lowest BCUT2D eigenvalue weighted by Gasteiger charge is -2.12. The third-order valence-electron chi connectivity index (χ3n) is 3.04. The summed E-state index contributed by atoms with van der Waals surface area (Å²) in [7, 11) is 0. The van der Waals surface area contributed by atoms with Crippen molar-refractivity contribution in [1.82, 2.24) is 0 Å². The van der Waals surface area contributed by atoms with Gasteiger partial charge in [0.1, 0.15) is 5.78 Å². The van der Waals surface area contributed by atoms with E-state index in [0.717, 1.165) is 0 Å². The number of rotatable bonds is 0. The Hall–Kier alpha value is -1.11. The van der Waals surface area contributed by atoms with Crippen LogP contribution in [-0.4, -0.2) is 5.78 Å². The molecule has 0 saturated carbocycles. The highest BCUT2D eigenvalue weighted by Crippen LogP contribution is 2.32. The van der Waals surface area contributed by atoms with Crippen LogP contribution < -0.4 is 0 Å². The zero-order valence-electron chi connectivity index (χ0n) is 8.79. The highest BCUT2D eigenvalue weighted by Gasteiger charge is 2.23. The average molecular weight is 188 g/mol. The van der Waals surface area contributed by atoms with Gasteiger partial charge in [0.15, 0.2) is 0 Å². The first-order valence-corrected chi connectivity index (χ1v) is 5.27. The first-order valence-electron chi connectivity index (χ1n) is 5.27. The first kappa shape index (κ1) is 9.45. The molecular formula is C13H16O. The molecule has 14 heavy (non-hydrogen) atoms. The Balaban J connectivity index is 2.36. The van der Waals surface area contributed by atoms with Crippen LogP contribution in [0.15, 0.2) is 35.5 Å². The molecule has 0 aromatic carbocycles. The topological polar surface area (TPSA) is 17.1 Å². The summed E-state index contributed by atoms with van der Waals surface area (Å²) in [6, 6.07) is 0. The van der Waals surface area contributed by atoms with E-state index in [1.165, 1.54) is 11.1 Å². The zero-order valence-corrected chi connectivity index (χ0v) is 8.79. The van der Waals surface area contributed by atoms with Gasteiger partial charge in [-0.25, -0.2) is 0 Å². The van der Waals surface area contributed by atoms with Gasteiger partial charge in [-0.3, -0.25) is 4.79 Å². The molecule has 2 atom stereocenters. The Bertz CT molecular complexity index is 344. The lowest BCUT2D eigenvalue weighted by atomic mass is 9.93. The molecule has 0 aromatic rings. The summed E-state index contributed by atoms with van der Waals surface area (Å²) < 4.78 is 0. The number of allylic oxidation sites excluding steroid dienone is 6. The molecule has 2 aliphatic carbocycles. The number of ketones is 1. The van der Waals surface area contributed by atoms with Crippen molar-refractivity contribution >= 4 is 5.78 Å². The Morgan fingerprint density at radius 3 is 2.71 bits per heavy atom. The van der Waals surface area contributed by atoms with E-state index in [1.807, 2.05) is 0 Å². The molecule has 0 aliphatic heterocycles. The minimum Gasteiger partial charge on any atom is -0.299 e. The summed E-state index contributed by atoms with van der Waals surface area (Å²) in [5.74, 6) is 1.29. The van der Waals surface area contributed by atoms with Gasteiger partial charge in [-0.15, -0.1) is 0 Å². The van der Waals surface area contributed by atoms with Gasteiger partial charge in [0.05, 0.1) is 0 Å². The number of Topliss-reactive ketones (excluding diaryl/α,β-unsaturated/α-hetero) is 1. The summed E-state index contributed by atoms with van der Waals surface area (Å²) in [6.07, 6.45) is 10.1. The first-order chi connectivity index (χ1) is 6.66. The monoisotopic (exact) mass is 188 g/mol. The van der Waals surface area contributed by atoms with Crippen LogP contribution in [0.1, 0.15) is 26.7 Å². The maximum absolute atomic E-state index is 11.4. The number of carbonyl (C=O) groups excluding carboxylic acids is 1. The molecule has 2 rings (SSSR count). The van der Waals surface area contributed by atoms with Gasteiger partial charge in [-0.05, 0) is 17.4 Å². The molecule has 0 radical (unpaired) electrons. The van der Waals surface area contributed by atoms with Crippen LogP contribution in [-0.2, 0) is 4.79 Å². The Morgan fingerprint density at radius 2 is 1.93 bits per heavy atom. The molecule has 0 bridgehead atoms. The van der Waals surface area contributed by atoms with Crippen molar-refractivity contribution in [3.05, 3.63) is 35.5 Å². The van der Waals surface area contributed by atoms with Gasteiger partial charge in [-0.1, -0.05) is 43.7 Å². The van der Waals surface area contributed by atoms with E-state index in [1.54, 1.807) is 0 Å². The van der Waals surface area contributed by atoms with Crippen molar-refractivity contribution < 1.29 is 4.79 Å². The van der Waals surface area contributed by atoms with Crippen LogP contribution in [0.4, 0.5) is 0 Å². The molecule has 0 aromatic heterocycles. The fraction of sp³-hybridized carbons (Fsp3) is 0.462. The van der Waals surface area contributed by atoms with E-state index in [0.29, 0.717) is 30.5 Å².